The lowest BCUT2D eigenvalue weighted by Crippen LogP contribution is -2.24. The largest absolute Gasteiger partial charge is 0.383 e. The first-order valence-corrected chi connectivity index (χ1v) is 6.54. The molecule has 0 saturated carbocycles. The van der Waals surface area contributed by atoms with Gasteiger partial charge < -0.3 is 14.6 Å². The van der Waals surface area contributed by atoms with Crippen LogP contribution in [0, 0.1) is 6.92 Å². The molecule has 20 heavy (non-hydrogen) atoms. The number of hydrogen-bond donors (Lipinski definition) is 1. The van der Waals surface area contributed by atoms with Crippen LogP contribution in [0.25, 0.3) is 0 Å². The van der Waals surface area contributed by atoms with Crippen LogP contribution >= 0.6 is 0 Å². The molecule has 2 heterocycles. The van der Waals surface area contributed by atoms with Crippen molar-refractivity contribution in [1.82, 2.24) is 9.55 Å². The molecule has 0 amide bonds. The van der Waals surface area contributed by atoms with Gasteiger partial charge in [0.15, 0.2) is 0 Å². The zero-order valence-corrected chi connectivity index (χ0v) is 11.8. The van der Waals surface area contributed by atoms with Crippen molar-refractivity contribution in [3.8, 4) is 0 Å². The Morgan fingerprint density at radius 2 is 2.05 bits per heavy atom. The highest BCUT2D eigenvalue weighted by atomic mass is 16.5. The summed E-state index contributed by atoms with van der Waals surface area (Å²) in [4.78, 5) is 16.0. The average Bonchev–Trinajstić information content (AvgIpc) is 2.45. The van der Waals surface area contributed by atoms with Crippen LogP contribution in [0.3, 0.4) is 0 Å². The monoisotopic (exact) mass is 273 g/mol. The van der Waals surface area contributed by atoms with Crippen molar-refractivity contribution in [3.63, 3.8) is 0 Å². The normalized spacial score (nSPS) is 10.5. The molecule has 0 bridgehead atoms. The standard InChI is InChI=1S/C15H19N3O2/c1-12-9-14(10-15(19)18(12)7-8-20-2)17-11-13-3-5-16-6-4-13/h3-6,9-10,17H,7-8,11H2,1-2H3. The maximum Gasteiger partial charge on any atom is 0.252 e. The van der Waals surface area contributed by atoms with E-state index in [9.17, 15) is 4.79 Å². The molecule has 1 N–H and O–H groups in total. The molecule has 0 saturated heterocycles. The first kappa shape index (κ1) is 14.3. The van der Waals surface area contributed by atoms with Crippen LogP contribution in [0.2, 0.25) is 0 Å². The van der Waals surface area contributed by atoms with Crippen molar-refractivity contribution in [2.45, 2.75) is 20.0 Å². The predicted octanol–water partition coefficient (Wildman–Crippen LogP) is 1.81. The van der Waals surface area contributed by atoms with Crippen LogP contribution in [0.4, 0.5) is 5.69 Å². The van der Waals surface area contributed by atoms with Crippen molar-refractivity contribution in [3.05, 3.63) is 58.3 Å². The van der Waals surface area contributed by atoms with E-state index in [1.165, 1.54) is 0 Å². The number of methoxy groups -OCH3 is 1. The molecule has 0 spiro atoms. The third-order valence-electron chi connectivity index (χ3n) is 3.10. The lowest BCUT2D eigenvalue weighted by atomic mass is 10.2. The Balaban J connectivity index is 2.08. The van der Waals surface area contributed by atoms with Crippen molar-refractivity contribution < 1.29 is 4.74 Å². The fourth-order valence-corrected chi connectivity index (χ4v) is 2.01. The van der Waals surface area contributed by atoms with E-state index >= 15 is 0 Å². The van der Waals surface area contributed by atoms with Gasteiger partial charge in [-0.3, -0.25) is 9.78 Å². The third kappa shape index (κ3) is 3.68. The minimum absolute atomic E-state index is 0.0146. The number of ether oxygens (including phenoxy) is 1. The van der Waals surface area contributed by atoms with Crippen molar-refractivity contribution in [2.24, 2.45) is 0 Å². The minimum Gasteiger partial charge on any atom is -0.383 e. The molecular formula is C15H19N3O2. The van der Waals surface area contributed by atoms with Crippen molar-refractivity contribution in [2.75, 3.05) is 19.0 Å². The molecule has 106 valence electrons. The summed E-state index contributed by atoms with van der Waals surface area (Å²) >= 11 is 0. The number of hydrogen-bond acceptors (Lipinski definition) is 4. The Morgan fingerprint density at radius 1 is 1.30 bits per heavy atom. The summed E-state index contributed by atoms with van der Waals surface area (Å²) in [5, 5.41) is 3.25. The highest BCUT2D eigenvalue weighted by Gasteiger charge is 2.03. The molecule has 0 unspecified atom stereocenters. The van der Waals surface area contributed by atoms with Gasteiger partial charge in [-0.2, -0.15) is 0 Å². The van der Waals surface area contributed by atoms with E-state index in [4.69, 9.17) is 4.74 Å². The Labute approximate surface area is 118 Å². The van der Waals surface area contributed by atoms with E-state index in [0.29, 0.717) is 19.7 Å². The van der Waals surface area contributed by atoms with Gasteiger partial charge >= 0.3 is 0 Å². The Morgan fingerprint density at radius 3 is 2.70 bits per heavy atom. The zero-order chi connectivity index (χ0) is 14.4. The van der Waals surface area contributed by atoms with E-state index in [1.54, 1.807) is 30.1 Å². The fourth-order valence-electron chi connectivity index (χ4n) is 2.01. The van der Waals surface area contributed by atoms with Crippen molar-refractivity contribution in [1.29, 1.82) is 0 Å². The Hall–Kier alpha value is -2.14. The van der Waals surface area contributed by atoms with Gasteiger partial charge in [-0.15, -0.1) is 0 Å². The SMILES string of the molecule is COCCn1c(C)cc(NCc2ccncc2)cc1=O. The number of aromatic nitrogens is 2. The van der Waals surface area contributed by atoms with E-state index in [2.05, 4.69) is 10.3 Å². The smallest absolute Gasteiger partial charge is 0.252 e. The summed E-state index contributed by atoms with van der Waals surface area (Å²) in [6.45, 7) is 3.70. The number of pyridine rings is 2. The van der Waals surface area contributed by atoms with E-state index in [1.807, 2.05) is 25.1 Å². The molecule has 0 aliphatic heterocycles. The van der Waals surface area contributed by atoms with Gasteiger partial charge in [-0.05, 0) is 30.7 Å². The van der Waals surface area contributed by atoms with Gasteiger partial charge in [-0.25, -0.2) is 0 Å². The minimum atomic E-state index is -0.0146. The summed E-state index contributed by atoms with van der Waals surface area (Å²) in [5.41, 5.74) is 2.87. The van der Waals surface area contributed by atoms with Gasteiger partial charge in [-0.1, -0.05) is 0 Å². The first-order chi connectivity index (χ1) is 9.70. The van der Waals surface area contributed by atoms with Gasteiger partial charge in [0, 0.05) is 50.0 Å². The first-order valence-electron chi connectivity index (χ1n) is 6.54. The zero-order valence-electron chi connectivity index (χ0n) is 11.8. The van der Waals surface area contributed by atoms with Gasteiger partial charge in [0.1, 0.15) is 0 Å². The summed E-state index contributed by atoms with van der Waals surface area (Å²) < 4.78 is 6.72. The highest BCUT2D eigenvalue weighted by Crippen LogP contribution is 2.09. The number of rotatable bonds is 6. The fraction of sp³-hybridized carbons (Fsp3) is 0.333. The average molecular weight is 273 g/mol. The maximum atomic E-state index is 12.0. The molecular weight excluding hydrogens is 254 g/mol. The Bertz CT molecular complexity index is 608. The summed E-state index contributed by atoms with van der Waals surface area (Å²) in [6.07, 6.45) is 3.51. The number of aryl methyl sites for hydroxylation is 1. The maximum absolute atomic E-state index is 12.0. The molecule has 0 aliphatic carbocycles. The second kappa shape index (κ2) is 6.86. The summed E-state index contributed by atoms with van der Waals surface area (Å²) in [7, 11) is 1.63. The van der Waals surface area contributed by atoms with Gasteiger partial charge in [0.25, 0.3) is 5.56 Å². The van der Waals surface area contributed by atoms with Crippen molar-refractivity contribution >= 4 is 5.69 Å². The lowest BCUT2D eigenvalue weighted by molar-refractivity contribution is 0.185. The molecule has 2 aromatic rings. The highest BCUT2D eigenvalue weighted by molar-refractivity contribution is 5.44. The number of nitrogens with zero attached hydrogens (tertiary/aromatic N) is 2. The lowest BCUT2D eigenvalue weighted by Gasteiger charge is -2.12. The second-order valence-corrected chi connectivity index (χ2v) is 4.58. The molecule has 0 atom stereocenters. The van der Waals surface area contributed by atoms with Crippen LogP contribution in [-0.2, 0) is 17.8 Å². The Kier molecular flexibility index (Phi) is 4.90. The van der Waals surface area contributed by atoms with Gasteiger partial charge in [0.2, 0.25) is 0 Å². The molecule has 0 aromatic carbocycles. The van der Waals surface area contributed by atoms with E-state index < -0.39 is 0 Å². The predicted molar refractivity (Wildman–Crippen MR) is 78.9 cm³/mol. The molecule has 0 radical (unpaired) electrons. The molecule has 0 fully saturated rings. The molecule has 5 heteroatoms. The second-order valence-electron chi connectivity index (χ2n) is 4.58. The molecule has 2 aromatic heterocycles. The number of nitrogens with one attached hydrogen (secondary N) is 1. The van der Waals surface area contributed by atoms with Crippen LogP contribution in [0.1, 0.15) is 11.3 Å². The topological polar surface area (TPSA) is 56.1 Å². The quantitative estimate of drug-likeness (QED) is 0.872. The van der Waals surface area contributed by atoms with E-state index in [-0.39, 0.29) is 5.56 Å². The summed E-state index contributed by atoms with van der Waals surface area (Å²) in [5.74, 6) is 0. The molecule has 0 aliphatic rings. The van der Waals surface area contributed by atoms with Crippen LogP contribution in [0.15, 0.2) is 41.5 Å². The third-order valence-corrected chi connectivity index (χ3v) is 3.10. The summed E-state index contributed by atoms with van der Waals surface area (Å²) in [6, 6.07) is 7.47. The van der Waals surface area contributed by atoms with Crippen LogP contribution in [-0.4, -0.2) is 23.3 Å². The number of anilines is 1. The van der Waals surface area contributed by atoms with Gasteiger partial charge in [0.05, 0.1) is 6.61 Å². The molecule has 5 nitrogen and oxygen atoms in total. The van der Waals surface area contributed by atoms with E-state index in [0.717, 1.165) is 16.9 Å². The molecule has 2 rings (SSSR count). The van der Waals surface area contributed by atoms with Crippen LogP contribution < -0.4 is 10.9 Å². The van der Waals surface area contributed by atoms with Crippen LogP contribution in [0.5, 0.6) is 0 Å².